The Balaban J connectivity index is 2.06. The lowest BCUT2D eigenvalue weighted by atomic mass is 9.92. The number of nitrogens with two attached hydrogens (primary N) is 1. The van der Waals surface area contributed by atoms with Gasteiger partial charge in [-0.2, -0.15) is 0 Å². The van der Waals surface area contributed by atoms with Crippen molar-refractivity contribution in [3.05, 3.63) is 11.9 Å². The van der Waals surface area contributed by atoms with Crippen LogP contribution in [0.3, 0.4) is 0 Å². The van der Waals surface area contributed by atoms with Crippen LogP contribution in [-0.4, -0.2) is 23.1 Å². The summed E-state index contributed by atoms with van der Waals surface area (Å²) in [6, 6.07) is 1.94. The summed E-state index contributed by atoms with van der Waals surface area (Å²) >= 11 is 0. The first-order valence-corrected chi connectivity index (χ1v) is 7.36. The van der Waals surface area contributed by atoms with E-state index in [0.29, 0.717) is 5.82 Å². The molecule has 0 bridgehead atoms. The number of nitrogens with zero attached hydrogens (tertiary/aromatic N) is 3. The van der Waals surface area contributed by atoms with Crippen LogP contribution in [-0.2, 0) is 6.42 Å². The van der Waals surface area contributed by atoms with Gasteiger partial charge in [-0.1, -0.05) is 26.7 Å². The highest BCUT2D eigenvalue weighted by atomic mass is 15.3. The van der Waals surface area contributed by atoms with Crippen LogP contribution < -0.4 is 16.2 Å². The van der Waals surface area contributed by atoms with Crippen LogP contribution in [0.2, 0.25) is 0 Å². The zero-order valence-electron chi connectivity index (χ0n) is 12.0. The van der Waals surface area contributed by atoms with Gasteiger partial charge in [0, 0.05) is 25.6 Å². The van der Waals surface area contributed by atoms with Gasteiger partial charge >= 0.3 is 0 Å². The van der Waals surface area contributed by atoms with Gasteiger partial charge in [-0.15, -0.1) is 0 Å². The third-order valence-corrected chi connectivity index (χ3v) is 3.86. The van der Waals surface area contributed by atoms with E-state index in [0.717, 1.165) is 37.1 Å². The summed E-state index contributed by atoms with van der Waals surface area (Å²) in [6.07, 6.45) is 6.01. The predicted octanol–water partition coefficient (Wildman–Crippen LogP) is 2.34. The first-order chi connectivity index (χ1) is 9.26. The molecule has 1 aliphatic heterocycles. The van der Waals surface area contributed by atoms with Crippen molar-refractivity contribution in [1.29, 1.82) is 0 Å². The maximum atomic E-state index is 5.47. The van der Waals surface area contributed by atoms with E-state index in [9.17, 15) is 0 Å². The molecule has 0 amide bonds. The van der Waals surface area contributed by atoms with Crippen molar-refractivity contribution < 1.29 is 0 Å². The molecule has 3 N–H and O–H groups in total. The lowest BCUT2D eigenvalue weighted by Gasteiger charge is -2.33. The van der Waals surface area contributed by atoms with E-state index in [1.807, 2.05) is 6.07 Å². The lowest BCUT2D eigenvalue weighted by molar-refractivity contribution is 0.377. The zero-order chi connectivity index (χ0) is 13.7. The molecule has 0 saturated carbocycles. The van der Waals surface area contributed by atoms with Crippen LogP contribution in [0.1, 0.15) is 45.4 Å². The summed E-state index contributed by atoms with van der Waals surface area (Å²) < 4.78 is 0. The molecule has 1 aromatic heterocycles. The average Bonchev–Trinajstić information content (AvgIpc) is 2.47. The van der Waals surface area contributed by atoms with Gasteiger partial charge in [0.2, 0.25) is 0 Å². The molecule has 5 nitrogen and oxygen atoms in total. The highest BCUT2D eigenvalue weighted by Crippen LogP contribution is 2.25. The van der Waals surface area contributed by atoms with E-state index < -0.39 is 0 Å². The summed E-state index contributed by atoms with van der Waals surface area (Å²) in [6.45, 7) is 6.51. The maximum Gasteiger partial charge on any atom is 0.145 e. The zero-order valence-corrected chi connectivity index (χ0v) is 12.0. The van der Waals surface area contributed by atoms with Crippen LogP contribution in [0.5, 0.6) is 0 Å². The molecule has 106 valence electrons. The van der Waals surface area contributed by atoms with Gasteiger partial charge in [0.05, 0.1) is 0 Å². The molecule has 1 saturated heterocycles. The summed E-state index contributed by atoms with van der Waals surface area (Å²) in [7, 11) is 0. The minimum Gasteiger partial charge on any atom is -0.356 e. The number of hydrazine groups is 1. The number of rotatable bonds is 5. The second kappa shape index (κ2) is 6.70. The van der Waals surface area contributed by atoms with Crippen LogP contribution in [0.4, 0.5) is 11.6 Å². The fourth-order valence-corrected chi connectivity index (χ4v) is 2.74. The molecule has 2 heterocycles. The van der Waals surface area contributed by atoms with Crippen LogP contribution in [0.15, 0.2) is 6.07 Å². The average molecular weight is 263 g/mol. The van der Waals surface area contributed by atoms with Gasteiger partial charge in [-0.3, -0.25) is 0 Å². The number of aryl methyl sites for hydroxylation is 1. The molecule has 1 aliphatic rings. The summed E-state index contributed by atoms with van der Waals surface area (Å²) in [5.74, 6) is 8.93. The van der Waals surface area contributed by atoms with Crippen molar-refractivity contribution in [3.8, 4) is 0 Å². The fraction of sp³-hybridized carbons (Fsp3) is 0.714. The lowest BCUT2D eigenvalue weighted by Crippen LogP contribution is -2.34. The third kappa shape index (κ3) is 3.56. The van der Waals surface area contributed by atoms with E-state index in [1.54, 1.807) is 0 Å². The van der Waals surface area contributed by atoms with Crippen molar-refractivity contribution in [2.75, 3.05) is 23.4 Å². The molecular formula is C14H25N5. The molecule has 0 unspecified atom stereocenters. The predicted molar refractivity (Wildman–Crippen MR) is 79.1 cm³/mol. The smallest absolute Gasteiger partial charge is 0.145 e. The number of nitrogens with one attached hydrogen (secondary N) is 1. The Morgan fingerprint density at radius 2 is 2.05 bits per heavy atom. The second-order valence-electron chi connectivity index (χ2n) is 5.24. The van der Waals surface area contributed by atoms with Gasteiger partial charge in [0.15, 0.2) is 0 Å². The Labute approximate surface area is 115 Å². The third-order valence-electron chi connectivity index (χ3n) is 3.86. The van der Waals surface area contributed by atoms with E-state index >= 15 is 0 Å². The SMILES string of the molecule is CCCC1CCN(c2cc(NN)nc(CC)n2)CC1. The van der Waals surface area contributed by atoms with Gasteiger partial charge in [-0.05, 0) is 18.8 Å². The Kier molecular flexibility index (Phi) is 4.96. The van der Waals surface area contributed by atoms with Crippen LogP contribution in [0, 0.1) is 5.92 Å². The largest absolute Gasteiger partial charge is 0.356 e. The molecule has 0 atom stereocenters. The number of piperidine rings is 1. The Hall–Kier alpha value is -1.36. The minimum absolute atomic E-state index is 0.706. The number of aromatic nitrogens is 2. The summed E-state index contributed by atoms with van der Waals surface area (Å²) in [5, 5.41) is 0. The maximum absolute atomic E-state index is 5.47. The molecule has 0 radical (unpaired) electrons. The van der Waals surface area contributed by atoms with Gasteiger partial charge < -0.3 is 10.3 Å². The van der Waals surface area contributed by atoms with Crippen molar-refractivity contribution in [1.82, 2.24) is 9.97 Å². The standard InChI is InChI=1S/C14H25N5/c1-3-5-11-6-8-19(9-7-11)14-10-13(18-15)16-12(4-2)17-14/h10-11H,3-9,15H2,1-2H3,(H,16,17,18). The van der Waals surface area contributed by atoms with Gasteiger partial charge in [-0.25, -0.2) is 15.8 Å². The van der Waals surface area contributed by atoms with Crippen molar-refractivity contribution in [2.24, 2.45) is 11.8 Å². The highest BCUT2D eigenvalue weighted by Gasteiger charge is 2.20. The molecule has 0 aromatic carbocycles. The first kappa shape index (κ1) is 14.1. The molecule has 0 spiro atoms. The Morgan fingerprint density at radius 1 is 1.32 bits per heavy atom. The number of nitrogen functional groups attached to an aromatic ring is 1. The topological polar surface area (TPSA) is 67.1 Å². The normalized spacial score (nSPS) is 16.7. The molecule has 1 aromatic rings. The highest BCUT2D eigenvalue weighted by molar-refractivity contribution is 5.49. The molecule has 1 fully saturated rings. The van der Waals surface area contributed by atoms with Crippen molar-refractivity contribution in [2.45, 2.75) is 46.0 Å². The van der Waals surface area contributed by atoms with Crippen LogP contribution in [0.25, 0.3) is 0 Å². The Morgan fingerprint density at radius 3 is 2.63 bits per heavy atom. The molecule has 5 heteroatoms. The second-order valence-corrected chi connectivity index (χ2v) is 5.24. The molecule has 0 aliphatic carbocycles. The monoisotopic (exact) mass is 263 g/mol. The van der Waals surface area contributed by atoms with Crippen LogP contribution >= 0.6 is 0 Å². The van der Waals surface area contributed by atoms with Crippen molar-refractivity contribution >= 4 is 11.6 Å². The summed E-state index contributed by atoms with van der Waals surface area (Å²) in [4.78, 5) is 11.3. The fourth-order valence-electron chi connectivity index (χ4n) is 2.74. The van der Waals surface area contributed by atoms with Gasteiger partial charge in [0.25, 0.3) is 0 Å². The van der Waals surface area contributed by atoms with E-state index in [1.165, 1.54) is 25.7 Å². The summed E-state index contributed by atoms with van der Waals surface area (Å²) in [5.41, 5.74) is 2.63. The minimum atomic E-state index is 0.706. The van der Waals surface area contributed by atoms with Gasteiger partial charge in [0.1, 0.15) is 17.5 Å². The molecule has 2 rings (SSSR count). The van der Waals surface area contributed by atoms with E-state index in [2.05, 4.69) is 34.1 Å². The number of hydrogen-bond donors (Lipinski definition) is 2. The molecule has 19 heavy (non-hydrogen) atoms. The number of anilines is 2. The molecular weight excluding hydrogens is 238 g/mol. The van der Waals surface area contributed by atoms with E-state index in [4.69, 9.17) is 5.84 Å². The quantitative estimate of drug-likeness (QED) is 0.630. The first-order valence-electron chi connectivity index (χ1n) is 7.36. The van der Waals surface area contributed by atoms with E-state index in [-0.39, 0.29) is 0 Å². The van der Waals surface area contributed by atoms with Crippen molar-refractivity contribution in [3.63, 3.8) is 0 Å². The Bertz CT molecular complexity index is 377. The number of hydrogen-bond acceptors (Lipinski definition) is 5.